The molecular weight excluding hydrogens is 244 g/mol. The summed E-state index contributed by atoms with van der Waals surface area (Å²) < 4.78 is 43.3. The van der Waals surface area contributed by atoms with Gasteiger partial charge >= 0.3 is 0 Å². The third-order valence-corrected chi connectivity index (χ3v) is 4.09. The minimum Gasteiger partial charge on any atom is -0.300 e. The van der Waals surface area contributed by atoms with Crippen LogP contribution in [0.1, 0.15) is 74.3 Å². The molecule has 20 heavy (non-hydrogen) atoms. The molecule has 0 bridgehead atoms. The molecule has 112 valence electrons. The van der Waals surface area contributed by atoms with E-state index in [1.807, 2.05) is 13.0 Å². The Hall–Kier alpha value is -1.11. The van der Waals surface area contributed by atoms with Crippen LogP contribution in [0.5, 0.6) is 0 Å². The fourth-order valence-corrected chi connectivity index (χ4v) is 2.49. The maximum absolute atomic E-state index is 11.0. The highest BCUT2D eigenvalue weighted by Gasteiger charge is 2.15. The van der Waals surface area contributed by atoms with E-state index in [4.69, 9.17) is 8.22 Å². The lowest BCUT2D eigenvalue weighted by Gasteiger charge is -2.19. The molecule has 2 unspecified atom stereocenters. The number of carbonyl (C=O) groups excluding carboxylic acids is 1. The molecule has 0 aromatic carbocycles. The Kier molecular flexibility index (Phi) is 4.02. The molecule has 0 saturated carbocycles. The molecule has 0 heterocycles. The maximum Gasteiger partial charge on any atom is 0.133 e. The number of rotatable bonds is 2. The molecular formula is C19H30O. The van der Waals surface area contributed by atoms with Crippen molar-refractivity contribution in [2.24, 2.45) is 11.8 Å². The first-order valence-electron chi connectivity index (χ1n) is 10.4. The van der Waals surface area contributed by atoms with Gasteiger partial charge in [-0.25, -0.2) is 0 Å². The van der Waals surface area contributed by atoms with Gasteiger partial charge in [-0.3, -0.25) is 4.79 Å². The van der Waals surface area contributed by atoms with Gasteiger partial charge < -0.3 is 0 Å². The molecule has 2 aliphatic carbocycles. The summed E-state index contributed by atoms with van der Waals surface area (Å²) in [6.07, 6.45) is 7.92. The van der Waals surface area contributed by atoms with Crippen LogP contribution in [0.25, 0.3) is 0 Å². The fourth-order valence-electron chi connectivity index (χ4n) is 2.49. The summed E-state index contributed by atoms with van der Waals surface area (Å²) >= 11 is 0. The van der Waals surface area contributed by atoms with Crippen LogP contribution in [0.4, 0.5) is 0 Å². The van der Waals surface area contributed by atoms with Crippen LogP contribution in [-0.4, -0.2) is 5.78 Å². The highest BCUT2D eigenvalue weighted by Crippen LogP contribution is 2.27. The Morgan fingerprint density at radius 2 is 1.60 bits per heavy atom. The largest absolute Gasteiger partial charge is 0.300 e. The van der Waals surface area contributed by atoms with E-state index in [0.29, 0.717) is 42.7 Å². The minimum atomic E-state index is -1.96. The van der Waals surface area contributed by atoms with Gasteiger partial charge in [-0.15, -0.1) is 0 Å². The van der Waals surface area contributed by atoms with E-state index in [0.717, 1.165) is 12.8 Å². The molecule has 2 rings (SSSR count). The van der Waals surface area contributed by atoms with Crippen molar-refractivity contribution in [1.82, 2.24) is 0 Å². The zero-order chi connectivity index (χ0) is 20.1. The van der Waals surface area contributed by atoms with E-state index in [1.54, 1.807) is 13.0 Å². The van der Waals surface area contributed by atoms with Crippen LogP contribution in [0.3, 0.4) is 0 Å². The number of allylic oxidation sites excluding steroid dienone is 5. The van der Waals surface area contributed by atoms with Gasteiger partial charge in [0.1, 0.15) is 5.78 Å². The monoisotopic (exact) mass is 280 g/mol. The van der Waals surface area contributed by atoms with Crippen LogP contribution in [-0.2, 0) is 4.79 Å². The van der Waals surface area contributed by atoms with E-state index < -0.39 is 13.7 Å². The summed E-state index contributed by atoms with van der Waals surface area (Å²) in [6, 6.07) is 0. The van der Waals surface area contributed by atoms with Crippen molar-refractivity contribution in [3.63, 3.8) is 0 Å². The van der Waals surface area contributed by atoms with Gasteiger partial charge in [0.15, 0.2) is 0 Å². The lowest BCUT2D eigenvalue weighted by molar-refractivity contribution is -0.120. The highest BCUT2D eigenvalue weighted by molar-refractivity contribution is 5.78. The second-order valence-corrected chi connectivity index (χ2v) is 5.86. The van der Waals surface area contributed by atoms with Crippen molar-refractivity contribution < 1.29 is 13.0 Å². The molecule has 2 atom stereocenters. The third-order valence-electron chi connectivity index (χ3n) is 4.09. The minimum absolute atomic E-state index is 0.0473. The highest BCUT2D eigenvalue weighted by atomic mass is 16.1. The smallest absolute Gasteiger partial charge is 0.133 e. The van der Waals surface area contributed by atoms with Gasteiger partial charge in [0.05, 0.1) is 0 Å². The molecule has 0 fully saturated rings. The van der Waals surface area contributed by atoms with Crippen LogP contribution < -0.4 is 0 Å². The lowest BCUT2D eigenvalue weighted by atomic mass is 9.86. The average Bonchev–Trinajstić information content (AvgIpc) is 2.54. The Balaban J connectivity index is 0.000000260. The van der Waals surface area contributed by atoms with Crippen LogP contribution in [0, 0.1) is 11.8 Å². The number of hydrogen-bond acceptors (Lipinski definition) is 1. The summed E-state index contributed by atoms with van der Waals surface area (Å²) in [5, 5.41) is 0. The molecule has 0 aliphatic heterocycles. The Labute approximate surface area is 133 Å². The van der Waals surface area contributed by atoms with E-state index in [9.17, 15) is 4.79 Å². The van der Waals surface area contributed by atoms with Gasteiger partial charge in [0.2, 0.25) is 0 Å². The summed E-state index contributed by atoms with van der Waals surface area (Å²) in [5.41, 5.74) is 2.32. The summed E-state index contributed by atoms with van der Waals surface area (Å²) in [4.78, 5) is 11.0. The predicted molar refractivity (Wildman–Crippen MR) is 87.7 cm³/mol. The molecule has 0 aromatic heterocycles. The standard InChI is InChI=1S/C10H16.C9H14O/c1-8(2)10-6-4-9(3)5-7-10;1-7-3-5-9(6-4-7)8(2)10/h4,10H,1,5-7H2,2-3H3;3,9H,4-6H2,1-2H3/i3D3;1D3. The first kappa shape index (κ1) is 9.76. The fraction of sp³-hybridized carbons (Fsp3) is 0.632. The van der Waals surface area contributed by atoms with E-state index in [-0.39, 0.29) is 11.7 Å². The van der Waals surface area contributed by atoms with E-state index >= 15 is 0 Å². The van der Waals surface area contributed by atoms with Crippen molar-refractivity contribution in [1.29, 1.82) is 0 Å². The van der Waals surface area contributed by atoms with Crippen molar-refractivity contribution >= 4 is 5.78 Å². The first-order valence-corrected chi connectivity index (χ1v) is 7.37. The van der Waals surface area contributed by atoms with E-state index in [2.05, 4.69) is 6.58 Å². The normalized spacial score (nSPS) is 31.5. The first-order chi connectivity index (χ1) is 11.8. The Bertz CT molecular complexity index is 528. The SMILES string of the molecule is [2H]C([2H])([2H])C1=CCC(C(=C)C)CC1.[2H]C([2H])([2H])C1=CCC(C(C)=O)CC1. The van der Waals surface area contributed by atoms with Crippen LogP contribution >= 0.6 is 0 Å². The quantitative estimate of drug-likeness (QED) is 0.599. The van der Waals surface area contributed by atoms with Crippen molar-refractivity contribution in [2.75, 3.05) is 0 Å². The van der Waals surface area contributed by atoms with Gasteiger partial charge in [0, 0.05) is 14.1 Å². The second-order valence-electron chi connectivity index (χ2n) is 5.86. The number of hydrogen-bond donors (Lipinski definition) is 0. The maximum atomic E-state index is 11.0. The number of carbonyl (C=O) groups is 1. The lowest BCUT2D eigenvalue weighted by Crippen LogP contribution is -2.12. The topological polar surface area (TPSA) is 17.1 Å². The number of Topliss-reactive ketones (excluding diaryl/α,β-unsaturated/α-hetero) is 1. The summed E-state index contributed by atoms with van der Waals surface area (Å²) in [6.45, 7) is 3.65. The molecule has 0 amide bonds. The molecule has 1 heteroatoms. The molecule has 0 spiro atoms. The predicted octanol–water partition coefficient (Wildman–Crippen LogP) is 5.63. The zero-order valence-electron chi connectivity index (χ0n) is 18.7. The van der Waals surface area contributed by atoms with Crippen LogP contribution in [0.15, 0.2) is 35.5 Å². The average molecular weight is 280 g/mol. The Morgan fingerprint density at radius 1 is 1.10 bits per heavy atom. The van der Waals surface area contributed by atoms with Crippen molar-refractivity contribution in [3.05, 3.63) is 35.5 Å². The van der Waals surface area contributed by atoms with Gasteiger partial charge in [-0.05, 0) is 72.0 Å². The second kappa shape index (κ2) is 8.24. The molecule has 0 saturated heterocycles. The van der Waals surface area contributed by atoms with Crippen LogP contribution in [0.2, 0.25) is 0 Å². The molecule has 0 N–H and O–H groups in total. The number of ketones is 1. The van der Waals surface area contributed by atoms with Gasteiger partial charge in [-0.1, -0.05) is 35.5 Å². The van der Waals surface area contributed by atoms with Crippen molar-refractivity contribution in [3.8, 4) is 0 Å². The van der Waals surface area contributed by atoms with Gasteiger partial charge in [0.25, 0.3) is 0 Å². The third kappa shape index (κ3) is 5.90. The molecule has 0 aromatic rings. The Morgan fingerprint density at radius 3 is 1.90 bits per heavy atom. The zero-order valence-corrected chi connectivity index (χ0v) is 12.7. The van der Waals surface area contributed by atoms with Crippen molar-refractivity contribution in [2.45, 2.75) is 66.1 Å². The van der Waals surface area contributed by atoms with Gasteiger partial charge in [-0.2, -0.15) is 0 Å². The molecule has 1 nitrogen and oxygen atoms in total. The molecule has 2 aliphatic rings. The summed E-state index contributed by atoms with van der Waals surface area (Å²) in [5.74, 6) is 0.707. The van der Waals surface area contributed by atoms with E-state index in [1.165, 1.54) is 5.57 Å². The molecule has 0 radical (unpaired) electrons. The summed E-state index contributed by atoms with van der Waals surface area (Å²) in [7, 11) is 0.